The van der Waals surface area contributed by atoms with Crippen molar-refractivity contribution in [1.29, 1.82) is 0 Å². The average Bonchev–Trinajstić information content (AvgIpc) is 2.12. The van der Waals surface area contributed by atoms with Crippen molar-refractivity contribution >= 4 is 5.97 Å². The van der Waals surface area contributed by atoms with Crippen LogP contribution in [0.2, 0.25) is 0 Å². The number of rotatable bonds is 5. The third-order valence-electron chi connectivity index (χ3n) is 1.38. The fourth-order valence-electron chi connectivity index (χ4n) is 0.751. The van der Waals surface area contributed by atoms with Crippen LogP contribution in [0.15, 0.2) is 24.0 Å². The second-order valence-electron chi connectivity index (χ2n) is 2.34. The summed E-state index contributed by atoms with van der Waals surface area (Å²) in [6.07, 6.45) is 5.79. The first-order valence-corrected chi connectivity index (χ1v) is 4.27. The predicted molar refractivity (Wildman–Crippen MR) is 51.2 cm³/mol. The van der Waals surface area contributed by atoms with Gasteiger partial charge in [-0.2, -0.15) is 0 Å². The fraction of sp³-hybridized carbons (Fsp3) is 0.500. The van der Waals surface area contributed by atoms with Gasteiger partial charge in [-0.15, -0.1) is 0 Å². The van der Waals surface area contributed by atoms with E-state index in [-0.39, 0.29) is 5.97 Å². The maximum Gasteiger partial charge on any atom is 0.334 e. The molecule has 0 N–H and O–H groups in total. The second kappa shape index (κ2) is 7.40. The summed E-state index contributed by atoms with van der Waals surface area (Å²) < 4.78 is 9.71. The van der Waals surface area contributed by atoms with Gasteiger partial charge < -0.3 is 9.47 Å². The van der Waals surface area contributed by atoms with Crippen molar-refractivity contribution in [2.45, 2.75) is 20.3 Å². The van der Waals surface area contributed by atoms with Crippen LogP contribution in [0, 0.1) is 0 Å². The van der Waals surface area contributed by atoms with Gasteiger partial charge in [-0.1, -0.05) is 12.2 Å². The molecule has 3 nitrogen and oxygen atoms in total. The first-order valence-electron chi connectivity index (χ1n) is 4.27. The van der Waals surface area contributed by atoms with Crippen LogP contribution < -0.4 is 0 Å². The number of carbonyl (C=O) groups is 1. The summed E-state index contributed by atoms with van der Waals surface area (Å²) in [7, 11) is 1.54. The van der Waals surface area contributed by atoms with Gasteiger partial charge in [0, 0.05) is 6.42 Å². The lowest BCUT2D eigenvalue weighted by Gasteiger charge is -2.02. The van der Waals surface area contributed by atoms with E-state index in [1.807, 2.05) is 19.1 Å². The maximum absolute atomic E-state index is 11.0. The molecule has 0 aliphatic heterocycles. The molecule has 0 radical (unpaired) electrons. The standard InChI is InChI=1S/C10H16O3/c1-4-6-7-9(12-3)8-10(11)13-5-2/h4,6,8H,5,7H2,1-3H3/b6-4-,9-8-. The van der Waals surface area contributed by atoms with Gasteiger partial charge in [0.2, 0.25) is 0 Å². The van der Waals surface area contributed by atoms with Crippen molar-refractivity contribution in [1.82, 2.24) is 0 Å². The van der Waals surface area contributed by atoms with Gasteiger partial charge in [0.15, 0.2) is 0 Å². The van der Waals surface area contributed by atoms with Crippen LogP contribution >= 0.6 is 0 Å². The third kappa shape index (κ3) is 5.96. The van der Waals surface area contributed by atoms with E-state index in [0.29, 0.717) is 18.8 Å². The Hall–Kier alpha value is -1.25. The Labute approximate surface area is 79.0 Å². The number of ether oxygens (including phenoxy) is 2. The maximum atomic E-state index is 11.0. The molecule has 0 aliphatic rings. The Kier molecular flexibility index (Phi) is 6.69. The Bertz CT molecular complexity index is 204. The molecule has 0 saturated heterocycles. The zero-order chi connectivity index (χ0) is 10.1. The van der Waals surface area contributed by atoms with Crippen LogP contribution in [-0.2, 0) is 14.3 Å². The first kappa shape index (κ1) is 11.8. The van der Waals surface area contributed by atoms with Crippen LogP contribution in [0.1, 0.15) is 20.3 Å². The molecular weight excluding hydrogens is 168 g/mol. The zero-order valence-electron chi connectivity index (χ0n) is 8.37. The lowest BCUT2D eigenvalue weighted by Crippen LogP contribution is -2.01. The van der Waals surface area contributed by atoms with E-state index in [4.69, 9.17) is 9.47 Å². The molecule has 3 heteroatoms. The van der Waals surface area contributed by atoms with E-state index in [1.54, 1.807) is 6.92 Å². The molecule has 0 fully saturated rings. The molecule has 0 aliphatic carbocycles. The van der Waals surface area contributed by atoms with Gasteiger partial charge in [-0.25, -0.2) is 4.79 Å². The minimum Gasteiger partial charge on any atom is -0.501 e. The summed E-state index contributed by atoms with van der Waals surface area (Å²) in [5.41, 5.74) is 0. The van der Waals surface area contributed by atoms with Gasteiger partial charge in [-0.3, -0.25) is 0 Å². The summed E-state index contributed by atoms with van der Waals surface area (Å²) in [4.78, 5) is 11.0. The molecule has 0 heterocycles. The van der Waals surface area contributed by atoms with Gasteiger partial charge in [-0.05, 0) is 13.8 Å². The lowest BCUT2D eigenvalue weighted by atomic mass is 10.3. The molecule has 0 unspecified atom stereocenters. The molecular formula is C10H16O3. The van der Waals surface area contributed by atoms with Crippen LogP contribution in [0.3, 0.4) is 0 Å². The highest BCUT2D eigenvalue weighted by Gasteiger charge is 2.00. The minimum atomic E-state index is -0.358. The largest absolute Gasteiger partial charge is 0.501 e. The molecule has 13 heavy (non-hydrogen) atoms. The van der Waals surface area contributed by atoms with Crippen LogP contribution in [-0.4, -0.2) is 19.7 Å². The molecule has 0 atom stereocenters. The monoisotopic (exact) mass is 184 g/mol. The molecule has 74 valence electrons. The first-order chi connectivity index (χ1) is 6.24. The van der Waals surface area contributed by atoms with Gasteiger partial charge >= 0.3 is 5.97 Å². The van der Waals surface area contributed by atoms with Crippen LogP contribution in [0.25, 0.3) is 0 Å². The number of hydrogen-bond donors (Lipinski definition) is 0. The highest BCUT2D eigenvalue weighted by atomic mass is 16.5. The van der Waals surface area contributed by atoms with E-state index >= 15 is 0 Å². The SMILES string of the molecule is C/C=C\C/C(=C/C(=O)OCC)OC. The summed E-state index contributed by atoms with van der Waals surface area (Å²) >= 11 is 0. The number of allylic oxidation sites excluding steroid dienone is 2. The van der Waals surface area contributed by atoms with Crippen LogP contribution in [0.5, 0.6) is 0 Å². The van der Waals surface area contributed by atoms with E-state index in [9.17, 15) is 4.79 Å². The molecule has 0 spiro atoms. The lowest BCUT2D eigenvalue weighted by molar-refractivity contribution is -0.137. The zero-order valence-corrected chi connectivity index (χ0v) is 8.37. The molecule has 0 bridgehead atoms. The Morgan fingerprint density at radius 2 is 2.15 bits per heavy atom. The van der Waals surface area contributed by atoms with Gasteiger partial charge in [0.1, 0.15) is 5.76 Å². The molecule has 0 amide bonds. The van der Waals surface area contributed by atoms with Crippen molar-refractivity contribution in [2.24, 2.45) is 0 Å². The predicted octanol–water partition coefficient (Wildman–Crippen LogP) is 2.05. The van der Waals surface area contributed by atoms with Crippen molar-refractivity contribution in [3.63, 3.8) is 0 Å². The Morgan fingerprint density at radius 3 is 2.62 bits per heavy atom. The normalized spacial score (nSPS) is 11.8. The molecule has 0 aromatic carbocycles. The topological polar surface area (TPSA) is 35.5 Å². The van der Waals surface area contributed by atoms with Crippen molar-refractivity contribution in [3.8, 4) is 0 Å². The molecule has 0 aromatic rings. The minimum absolute atomic E-state index is 0.358. The fourth-order valence-corrected chi connectivity index (χ4v) is 0.751. The number of esters is 1. The van der Waals surface area contributed by atoms with E-state index in [0.717, 1.165) is 0 Å². The Balaban J connectivity index is 4.11. The summed E-state index contributed by atoms with van der Waals surface area (Å²) in [5.74, 6) is 0.250. The number of methoxy groups -OCH3 is 1. The smallest absolute Gasteiger partial charge is 0.334 e. The van der Waals surface area contributed by atoms with Gasteiger partial charge in [0.05, 0.1) is 19.8 Å². The summed E-state index contributed by atoms with van der Waals surface area (Å²) in [6, 6.07) is 0. The number of carbonyl (C=O) groups excluding carboxylic acids is 1. The number of hydrogen-bond acceptors (Lipinski definition) is 3. The van der Waals surface area contributed by atoms with Crippen molar-refractivity contribution in [2.75, 3.05) is 13.7 Å². The Morgan fingerprint density at radius 1 is 1.46 bits per heavy atom. The quantitative estimate of drug-likeness (QED) is 0.284. The molecule has 0 rings (SSSR count). The molecule has 0 aromatic heterocycles. The van der Waals surface area contributed by atoms with E-state index in [1.165, 1.54) is 13.2 Å². The summed E-state index contributed by atoms with van der Waals surface area (Å²) in [6.45, 7) is 4.07. The molecule has 0 saturated carbocycles. The van der Waals surface area contributed by atoms with E-state index in [2.05, 4.69) is 0 Å². The second-order valence-corrected chi connectivity index (χ2v) is 2.34. The third-order valence-corrected chi connectivity index (χ3v) is 1.38. The van der Waals surface area contributed by atoms with E-state index < -0.39 is 0 Å². The van der Waals surface area contributed by atoms with Crippen molar-refractivity contribution < 1.29 is 14.3 Å². The van der Waals surface area contributed by atoms with Crippen LogP contribution in [0.4, 0.5) is 0 Å². The average molecular weight is 184 g/mol. The highest BCUT2D eigenvalue weighted by molar-refractivity contribution is 5.82. The van der Waals surface area contributed by atoms with Gasteiger partial charge in [0.25, 0.3) is 0 Å². The highest BCUT2D eigenvalue weighted by Crippen LogP contribution is 2.03. The van der Waals surface area contributed by atoms with Crippen molar-refractivity contribution in [3.05, 3.63) is 24.0 Å². The summed E-state index contributed by atoms with van der Waals surface area (Å²) in [5, 5.41) is 0.